The maximum atomic E-state index is 11.7. The number of oxazole rings is 1. The number of carbonyl (C=O) groups excluding carboxylic acids is 1. The van der Waals surface area contributed by atoms with E-state index in [9.17, 15) is 4.79 Å². The molecule has 29 heavy (non-hydrogen) atoms. The van der Waals surface area contributed by atoms with Crippen LogP contribution in [0.3, 0.4) is 0 Å². The van der Waals surface area contributed by atoms with E-state index in [0.717, 1.165) is 24.1 Å². The molecule has 0 atom stereocenters. The third kappa shape index (κ3) is 5.97. The van der Waals surface area contributed by atoms with Crippen molar-refractivity contribution in [3.63, 3.8) is 0 Å². The van der Waals surface area contributed by atoms with Crippen molar-refractivity contribution in [3.05, 3.63) is 41.8 Å². The van der Waals surface area contributed by atoms with Gasteiger partial charge in [-0.1, -0.05) is 17.7 Å². The van der Waals surface area contributed by atoms with Crippen molar-refractivity contribution in [2.75, 3.05) is 26.2 Å². The summed E-state index contributed by atoms with van der Waals surface area (Å²) in [5.74, 6) is 1.03. The maximum absolute atomic E-state index is 11.7. The number of likely N-dealkylation sites (tertiary alicyclic amines) is 1. The molecule has 0 unspecified atom stereocenters. The number of hydrogen-bond acceptors (Lipinski definition) is 5. The summed E-state index contributed by atoms with van der Waals surface area (Å²) in [6, 6.07) is 8.28. The van der Waals surface area contributed by atoms with Gasteiger partial charge >= 0.3 is 6.09 Å². The molecule has 8 heteroatoms. The fourth-order valence-corrected chi connectivity index (χ4v) is 3.22. The topological polar surface area (TPSA) is 106 Å². The molecule has 8 nitrogen and oxygen atoms in total. The number of nitrogens with zero attached hydrogens (tertiary/aromatic N) is 3. The number of ether oxygens (including phenoxy) is 1. The first-order valence-corrected chi connectivity index (χ1v) is 10.0. The number of nitrogens with two attached hydrogens (primary N) is 1. The minimum atomic E-state index is -0.245. The molecule has 1 aliphatic heterocycles. The van der Waals surface area contributed by atoms with Crippen LogP contribution < -0.4 is 11.1 Å². The van der Waals surface area contributed by atoms with E-state index in [1.165, 1.54) is 5.56 Å². The zero-order valence-electron chi connectivity index (χ0n) is 17.1. The van der Waals surface area contributed by atoms with Gasteiger partial charge in [-0.25, -0.2) is 9.78 Å². The first-order chi connectivity index (χ1) is 14.0. The minimum absolute atomic E-state index is 0.213. The maximum Gasteiger partial charge on any atom is 0.409 e. The molecule has 3 N–H and O–H groups in total. The Balaban J connectivity index is 1.42. The lowest BCUT2D eigenvalue weighted by molar-refractivity contribution is 0.0963. The Morgan fingerprint density at radius 2 is 2.07 bits per heavy atom. The van der Waals surface area contributed by atoms with E-state index in [-0.39, 0.29) is 12.1 Å². The number of nitrogens with one attached hydrogen (secondary N) is 1. The number of aryl methyl sites for hydroxylation is 1. The van der Waals surface area contributed by atoms with E-state index in [1.807, 2.05) is 38.1 Å². The van der Waals surface area contributed by atoms with Crippen LogP contribution in [-0.2, 0) is 11.2 Å². The van der Waals surface area contributed by atoms with E-state index < -0.39 is 0 Å². The molecule has 1 fully saturated rings. The van der Waals surface area contributed by atoms with Gasteiger partial charge in [0.15, 0.2) is 5.96 Å². The number of rotatable bonds is 6. The molecule has 156 valence electrons. The third-order valence-corrected chi connectivity index (χ3v) is 4.87. The first kappa shape index (κ1) is 20.7. The number of guanidine groups is 1. The summed E-state index contributed by atoms with van der Waals surface area (Å²) in [6.07, 6.45) is 3.71. The van der Waals surface area contributed by atoms with Gasteiger partial charge in [-0.05, 0) is 38.8 Å². The lowest BCUT2D eigenvalue weighted by Gasteiger charge is -2.31. The van der Waals surface area contributed by atoms with Crippen LogP contribution in [0.2, 0.25) is 0 Å². The quantitative estimate of drug-likeness (QED) is 0.571. The molecule has 0 bridgehead atoms. The smallest absolute Gasteiger partial charge is 0.409 e. The van der Waals surface area contributed by atoms with Crippen molar-refractivity contribution in [2.45, 2.75) is 39.2 Å². The fraction of sp³-hybridized carbons (Fsp3) is 0.476. The van der Waals surface area contributed by atoms with Gasteiger partial charge in [0.05, 0.1) is 12.3 Å². The van der Waals surface area contributed by atoms with Crippen molar-refractivity contribution in [2.24, 2.45) is 10.7 Å². The Morgan fingerprint density at radius 1 is 1.34 bits per heavy atom. The lowest BCUT2D eigenvalue weighted by Crippen LogP contribution is -2.48. The van der Waals surface area contributed by atoms with Crippen LogP contribution >= 0.6 is 0 Å². The number of hydrogen-bond donors (Lipinski definition) is 2. The molecule has 1 amide bonds. The van der Waals surface area contributed by atoms with Crippen LogP contribution in [0, 0.1) is 6.92 Å². The van der Waals surface area contributed by atoms with Crippen LogP contribution in [-0.4, -0.2) is 54.2 Å². The molecule has 2 heterocycles. The molecule has 1 saturated heterocycles. The standard InChI is InChI=1S/C21H29N5O3/c1-3-28-21(27)26-12-9-17(10-13-26)25-20(22)23-11-8-18-14-29-19(24-18)16-6-4-15(2)5-7-16/h4-7,14,17H,3,8-13H2,1-2H3,(H3,22,23,25). The molecule has 0 aliphatic carbocycles. The Bertz CT molecular complexity index is 823. The Hall–Kier alpha value is -3.03. The summed E-state index contributed by atoms with van der Waals surface area (Å²) in [5, 5.41) is 3.24. The van der Waals surface area contributed by atoms with E-state index in [1.54, 1.807) is 11.2 Å². The lowest BCUT2D eigenvalue weighted by atomic mass is 10.1. The summed E-state index contributed by atoms with van der Waals surface area (Å²) in [7, 11) is 0. The Labute approximate surface area is 171 Å². The fourth-order valence-electron chi connectivity index (χ4n) is 3.22. The number of benzene rings is 1. The van der Waals surface area contributed by atoms with Gasteiger partial charge in [-0.2, -0.15) is 0 Å². The number of aromatic nitrogens is 1. The molecule has 1 aromatic heterocycles. The first-order valence-electron chi connectivity index (χ1n) is 10.0. The van der Waals surface area contributed by atoms with Gasteiger partial charge in [0, 0.05) is 37.7 Å². The highest BCUT2D eigenvalue weighted by Crippen LogP contribution is 2.19. The molecular formula is C21H29N5O3. The summed E-state index contributed by atoms with van der Waals surface area (Å²) in [6.45, 7) is 6.10. The second kappa shape index (κ2) is 9.95. The van der Waals surface area contributed by atoms with Crippen molar-refractivity contribution in [1.29, 1.82) is 0 Å². The Morgan fingerprint density at radius 3 is 2.76 bits per heavy atom. The molecular weight excluding hydrogens is 370 g/mol. The highest BCUT2D eigenvalue weighted by atomic mass is 16.6. The summed E-state index contributed by atoms with van der Waals surface area (Å²) in [4.78, 5) is 22.4. The van der Waals surface area contributed by atoms with Crippen LogP contribution in [0.25, 0.3) is 11.5 Å². The van der Waals surface area contributed by atoms with Gasteiger partial charge in [0.1, 0.15) is 6.26 Å². The molecule has 1 aromatic carbocycles. The van der Waals surface area contributed by atoms with Crippen LogP contribution in [0.5, 0.6) is 0 Å². The van der Waals surface area contributed by atoms with E-state index in [0.29, 0.717) is 44.5 Å². The zero-order valence-corrected chi connectivity index (χ0v) is 17.1. The van der Waals surface area contributed by atoms with E-state index in [2.05, 4.69) is 15.3 Å². The van der Waals surface area contributed by atoms with E-state index in [4.69, 9.17) is 14.9 Å². The Kier molecular flexibility index (Phi) is 7.10. The molecule has 2 aromatic rings. The number of aliphatic imine (C=N–C) groups is 1. The minimum Gasteiger partial charge on any atom is -0.450 e. The normalized spacial score (nSPS) is 15.4. The summed E-state index contributed by atoms with van der Waals surface area (Å²) >= 11 is 0. The summed E-state index contributed by atoms with van der Waals surface area (Å²) < 4.78 is 10.6. The second-order valence-corrected chi connectivity index (χ2v) is 7.13. The zero-order chi connectivity index (χ0) is 20.6. The molecule has 1 aliphatic rings. The van der Waals surface area contributed by atoms with Crippen LogP contribution in [0.1, 0.15) is 31.0 Å². The van der Waals surface area contributed by atoms with Crippen molar-refractivity contribution < 1.29 is 13.9 Å². The average Bonchev–Trinajstić information content (AvgIpc) is 3.18. The van der Waals surface area contributed by atoms with Crippen molar-refractivity contribution >= 4 is 12.1 Å². The SMILES string of the molecule is CCOC(=O)N1CCC(NC(N)=NCCc2coc(-c3ccc(C)cc3)n2)CC1. The second-order valence-electron chi connectivity index (χ2n) is 7.13. The van der Waals surface area contributed by atoms with Gasteiger partial charge in [0.25, 0.3) is 0 Å². The third-order valence-electron chi connectivity index (χ3n) is 4.87. The largest absolute Gasteiger partial charge is 0.450 e. The number of amides is 1. The molecule has 0 spiro atoms. The van der Waals surface area contributed by atoms with Crippen LogP contribution in [0.15, 0.2) is 39.9 Å². The van der Waals surface area contributed by atoms with E-state index >= 15 is 0 Å². The number of piperidine rings is 1. The highest BCUT2D eigenvalue weighted by Gasteiger charge is 2.23. The van der Waals surface area contributed by atoms with Gasteiger partial charge < -0.3 is 25.1 Å². The van der Waals surface area contributed by atoms with Gasteiger partial charge in [-0.15, -0.1) is 0 Å². The molecule has 0 radical (unpaired) electrons. The van der Waals surface area contributed by atoms with Crippen molar-refractivity contribution in [3.8, 4) is 11.5 Å². The summed E-state index contributed by atoms with van der Waals surface area (Å²) in [5.41, 5.74) is 9.02. The van der Waals surface area contributed by atoms with Crippen molar-refractivity contribution in [1.82, 2.24) is 15.2 Å². The van der Waals surface area contributed by atoms with Crippen LogP contribution in [0.4, 0.5) is 4.79 Å². The van der Waals surface area contributed by atoms with Gasteiger partial charge in [0.2, 0.25) is 5.89 Å². The predicted octanol–water partition coefficient (Wildman–Crippen LogP) is 2.72. The highest BCUT2D eigenvalue weighted by molar-refractivity contribution is 5.78. The monoisotopic (exact) mass is 399 g/mol. The van der Waals surface area contributed by atoms with Gasteiger partial charge in [-0.3, -0.25) is 4.99 Å². The average molecular weight is 399 g/mol. The predicted molar refractivity (Wildman–Crippen MR) is 112 cm³/mol. The molecule has 0 saturated carbocycles. The molecule has 3 rings (SSSR count). The number of carbonyl (C=O) groups is 1.